The Morgan fingerprint density at radius 3 is 2.33 bits per heavy atom. The van der Waals surface area contributed by atoms with E-state index in [9.17, 15) is 28.4 Å². The number of benzene rings is 2. The van der Waals surface area contributed by atoms with Gasteiger partial charge in [0, 0.05) is 6.07 Å². The Morgan fingerprint density at radius 1 is 1.22 bits per heavy atom. The third-order valence-electron chi connectivity index (χ3n) is 3.71. The standard InChI is InChI=1S/C17H18N2O7S/c1-3-26-14-10-8-13(9-11-14)18(12(2)17(20)21)27(24,25)16-7-5-4-6-15(16)19(22)23/h4-12H,3H2,1-2H3,(H,20,21). The van der Waals surface area contributed by atoms with E-state index in [-0.39, 0.29) is 5.69 Å². The first kappa shape index (κ1) is 20.2. The summed E-state index contributed by atoms with van der Waals surface area (Å²) in [6, 6.07) is 9.06. The van der Waals surface area contributed by atoms with E-state index < -0.39 is 37.5 Å². The molecule has 1 unspecified atom stereocenters. The van der Waals surface area contributed by atoms with Crippen molar-refractivity contribution in [3.05, 3.63) is 58.6 Å². The van der Waals surface area contributed by atoms with Gasteiger partial charge in [-0.3, -0.25) is 14.4 Å². The van der Waals surface area contributed by atoms with Gasteiger partial charge in [-0.2, -0.15) is 0 Å². The summed E-state index contributed by atoms with van der Waals surface area (Å²) in [7, 11) is -4.53. The largest absolute Gasteiger partial charge is 0.494 e. The molecule has 0 radical (unpaired) electrons. The molecule has 144 valence electrons. The van der Waals surface area contributed by atoms with Gasteiger partial charge in [0.2, 0.25) is 0 Å². The Hall–Kier alpha value is -3.14. The first-order valence-corrected chi connectivity index (χ1v) is 9.37. The molecule has 0 heterocycles. The number of carboxylic acids is 1. The third kappa shape index (κ3) is 4.17. The predicted molar refractivity (Wildman–Crippen MR) is 97.5 cm³/mol. The predicted octanol–water partition coefficient (Wildman–Crippen LogP) is 2.66. The summed E-state index contributed by atoms with van der Waals surface area (Å²) in [5, 5.41) is 20.6. The zero-order valence-electron chi connectivity index (χ0n) is 14.6. The molecule has 1 N–H and O–H groups in total. The summed E-state index contributed by atoms with van der Waals surface area (Å²) in [5.74, 6) is -0.918. The fraction of sp³-hybridized carbons (Fsp3) is 0.235. The van der Waals surface area contributed by atoms with E-state index in [4.69, 9.17) is 4.74 Å². The molecule has 0 saturated carbocycles. The summed E-state index contributed by atoms with van der Waals surface area (Å²) < 4.78 is 32.2. The van der Waals surface area contributed by atoms with Crippen LogP contribution in [0.2, 0.25) is 0 Å². The summed E-state index contributed by atoms with van der Waals surface area (Å²) >= 11 is 0. The van der Waals surface area contributed by atoms with Crippen LogP contribution in [0.15, 0.2) is 53.4 Å². The number of hydrogen-bond acceptors (Lipinski definition) is 6. The first-order chi connectivity index (χ1) is 12.7. The maximum Gasteiger partial charge on any atom is 0.327 e. The van der Waals surface area contributed by atoms with Crippen LogP contribution in [0, 0.1) is 10.1 Å². The van der Waals surface area contributed by atoms with Gasteiger partial charge < -0.3 is 9.84 Å². The quantitative estimate of drug-likeness (QED) is 0.538. The Balaban J connectivity index is 2.64. The van der Waals surface area contributed by atoms with Crippen molar-refractivity contribution in [1.29, 1.82) is 0 Å². The smallest absolute Gasteiger partial charge is 0.327 e. The van der Waals surface area contributed by atoms with Crippen molar-refractivity contribution in [3.63, 3.8) is 0 Å². The number of carbonyl (C=O) groups is 1. The molecule has 0 aliphatic carbocycles. The number of sulfonamides is 1. The monoisotopic (exact) mass is 394 g/mol. The number of hydrogen-bond donors (Lipinski definition) is 1. The van der Waals surface area contributed by atoms with Crippen LogP contribution in [0.25, 0.3) is 0 Å². The molecule has 10 heteroatoms. The number of nitro groups is 1. The highest BCUT2D eigenvalue weighted by atomic mass is 32.2. The van der Waals surface area contributed by atoms with Crippen LogP contribution < -0.4 is 9.04 Å². The summed E-state index contributed by atoms with van der Waals surface area (Å²) in [5.41, 5.74) is -0.586. The molecule has 9 nitrogen and oxygen atoms in total. The molecular formula is C17H18N2O7S. The lowest BCUT2D eigenvalue weighted by Crippen LogP contribution is -2.43. The number of ether oxygens (including phenoxy) is 1. The lowest BCUT2D eigenvalue weighted by molar-refractivity contribution is -0.387. The van der Waals surface area contributed by atoms with Crippen molar-refractivity contribution >= 4 is 27.4 Å². The van der Waals surface area contributed by atoms with Gasteiger partial charge in [0.1, 0.15) is 11.8 Å². The van der Waals surface area contributed by atoms with Gasteiger partial charge >= 0.3 is 5.97 Å². The number of nitro benzene ring substituents is 1. The maximum atomic E-state index is 13.1. The first-order valence-electron chi connectivity index (χ1n) is 7.93. The average molecular weight is 394 g/mol. The van der Waals surface area contributed by atoms with Crippen LogP contribution in [0.5, 0.6) is 5.75 Å². The molecule has 0 bridgehead atoms. The van der Waals surface area contributed by atoms with E-state index in [1.165, 1.54) is 43.3 Å². The molecule has 27 heavy (non-hydrogen) atoms. The molecule has 0 aliphatic heterocycles. The molecule has 2 aromatic rings. The van der Waals surface area contributed by atoms with Crippen molar-refractivity contribution in [3.8, 4) is 5.75 Å². The Labute approximate surface area is 156 Å². The lowest BCUT2D eigenvalue weighted by Gasteiger charge is -2.28. The molecule has 0 fully saturated rings. The number of anilines is 1. The van der Waals surface area contributed by atoms with E-state index in [0.717, 1.165) is 12.1 Å². The minimum absolute atomic E-state index is 0.0477. The van der Waals surface area contributed by atoms with Crippen LogP contribution in [0.3, 0.4) is 0 Å². The number of nitrogens with zero attached hydrogens (tertiary/aromatic N) is 2. The van der Waals surface area contributed by atoms with Gasteiger partial charge in [0.15, 0.2) is 4.90 Å². The van der Waals surface area contributed by atoms with Gasteiger partial charge in [0.05, 0.1) is 17.2 Å². The van der Waals surface area contributed by atoms with Crippen LogP contribution in [0.4, 0.5) is 11.4 Å². The Morgan fingerprint density at radius 2 is 1.81 bits per heavy atom. The summed E-state index contributed by atoms with van der Waals surface area (Å²) in [6.45, 7) is 3.37. The van der Waals surface area contributed by atoms with E-state index in [1.807, 2.05) is 0 Å². The molecule has 0 spiro atoms. The van der Waals surface area contributed by atoms with E-state index in [0.29, 0.717) is 16.7 Å². The number of aliphatic carboxylic acids is 1. The van der Waals surface area contributed by atoms with Crippen molar-refractivity contribution < 1.29 is 28.0 Å². The molecule has 0 aliphatic rings. The lowest BCUT2D eigenvalue weighted by atomic mass is 10.2. The topological polar surface area (TPSA) is 127 Å². The van der Waals surface area contributed by atoms with Crippen molar-refractivity contribution in [1.82, 2.24) is 0 Å². The number of para-hydroxylation sites is 1. The SMILES string of the molecule is CCOc1ccc(N(C(C)C(=O)O)S(=O)(=O)c2ccccc2[N+](=O)[O-])cc1. The highest BCUT2D eigenvalue weighted by Gasteiger charge is 2.37. The zero-order chi connectivity index (χ0) is 20.2. The average Bonchev–Trinajstić information content (AvgIpc) is 2.63. The van der Waals surface area contributed by atoms with Crippen molar-refractivity contribution in [2.45, 2.75) is 24.8 Å². The van der Waals surface area contributed by atoms with E-state index in [2.05, 4.69) is 0 Å². The molecule has 0 aromatic heterocycles. The van der Waals surface area contributed by atoms with Crippen molar-refractivity contribution in [2.24, 2.45) is 0 Å². The van der Waals surface area contributed by atoms with Crippen molar-refractivity contribution in [2.75, 3.05) is 10.9 Å². The minimum Gasteiger partial charge on any atom is -0.494 e. The number of rotatable bonds is 8. The third-order valence-corrected chi connectivity index (χ3v) is 5.66. The van der Waals surface area contributed by atoms with Gasteiger partial charge in [0.25, 0.3) is 15.7 Å². The van der Waals surface area contributed by atoms with Crippen LogP contribution in [-0.4, -0.2) is 37.1 Å². The van der Waals surface area contributed by atoms with Crippen LogP contribution >= 0.6 is 0 Å². The molecule has 1 atom stereocenters. The summed E-state index contributed by atoms with van der Waals surface area (Å²) in [6.07, 6.45) is 0. The number of carboxylic acid groups (broad SMARTS) is 1. The second kappa shape index (κ2) is 8.04. The second-order valence-electron chi connectivity index (χ2n) is 5.47. The van der Waals surface area contributed by atoms with Gasteiger partial charge in [-0.15, -0.1) is 0 Å². The van der Waals surface area contributed by atoms with E-state index in [1.54, 1.807) is 6.92 Å². The Bertz CT molecular complexity index is 942. The van der Waals surface area contributed by atoms with Crippen LogP contribution in [0.1, 0.15) is 13.8 Å². The minimum atomic E-state index is -4.53. The summed E-state index contributed by atoms with van der Waals surface area (Å²) in [4.78, 5) is 21.3. The fourth-order valence-corrected chi connectivity index (χ4v) is 4.23. The van der Waals surface area contributed by atoms with Gasteiger partial charge in [-0.1, -0.05) is 12.1 Å². The van der Waals surface area contributed by atoms with E-state index >= 15 is 0 Å². The molecule has 2 aromatic carbocycles. The highest BCUT2D eigenvalue weighted by molar-refractivity contribution is 7.93. The van der Waals surface area contributed by atoms with Gasteiger partial charge in [-0.05, 0) is 44.2 Å². The fourth-order valence-electron chi connectivity index (χ4n) is 2.46. The molecule has 2 rings (SSSR count). The molecule has 0 saturated heterocycles. The zero-order valence-corrected chi connectivity index (χ0v) is 15.4. The normalized spacial score (nSPS) is 12.2. The van der Waals surface area contributed by atoms with Crippen LogP contribution in [-0.2, 0) is 14.8 Å². The van der Waals surface area contributed by atoms with Gasteiger partial charge in [-0.25, -0.2) is 13.2 Å². The Kier molecular flexibility index (Phi) is 6.01. The molecular weight excluding hydrogens is 376 g/mol. The highest BCUT2D eigenvalue weighted by Crippen LogP contribution is 2.32. The molecule has 0 amide bonds. The maximum absolute atomic E-state index is 13.1. The second-order valence-corrected chi connectivity index (χ2v) is 7.25.